The Morgan fingerprint density at radius 3 is 2.63 bits per heavy atom. The molecule has 1 N–H and O–H groups in total. The lowest BCUT2D eigenvalue weighted by Crippen LogP contribution is -2.17. The minimum atomic E-state index is -0.284. The van der Waals surface area contributed by atoms with Crippen LogP contribution in [0.25, 0.3) is 10.9 Å². The normalized spacial score (nSPS) is 14.6. The number of Topliss-reactive ketones (excluding diaryl/α,β-unsaturated/α-hetero) is 2. The zero-order chi connectivity index (χ0) is 13.6. The number of pyridine rings is 1. The molecule has 19 heavy (non-hydrogen) atoms. The number of carbonyl (C=O) groups excluding carboxylic acids is 2. The zero-order valence-electron chi connectivity index (χ0n) is 10.5. The van der Waals surface area contributed by atoms with Gasteiger partial charge in [0.05, 0.1) is 5.56 Å². The van der Waals surface area contributed by atoms with Crippen LogP contribution in [0.1, 0.15) is 40.5 Å². The average Bonchev–Trinajstić information content (AvgIpc) is 3.22. The topological polar surface area (TPSA) is 67.0 Å². The van der Waals surface area contributed by atoms with Gasteiger partial charge in [-0.15, -0.1) is 0 Å². The van der Waals surface area contributed by atoms with E-state index < -0.39 is 0 Å². The van der Waals surface area contributed by atoms with E-state index in [9.17, 15) is 14.4 Å². The molecule has 2 aromatic rings. The summed E-state index contributed by atoms with van der Waals surface area (Å²) in [7, 11) is 0. The van der Waals surface area contributed by atoms with Gasteiger partial charge in [0.2, 0.25) is 0 Å². The molecule has 1 aliphatic rings. The van der Waals surface area contributed by atoms with E-state index in [0.717, 1.165) is 12.8 Å². The van der Waals surface area contributed by atoms with Crippen LogP contribution in [0, 0.1) is 5.92 Å². The molecule has 1 aromatic carbocycles. The number of aromatic nitrogens is 1. The number of aromatic amines is 1. The van der Waals surface area contributed by atoms with Gasteiger partial charge in [-0.1, -0.05) is 0 Å². The molecule has 1 fully saturated rings. The Kier molecular flexibility index (Phi) is 2.59. The summed E-state index contributed by atoms with van der Waals surface area (Å²) in [5.74, 6) is -0.175. The van der Waals surface area contributed by atoms with E-state index in [1.807, 2.05) is 0 Å². The lowest BCUT2D eigenvalue weighted by molar-refractivity contribution is 0.0965. The number of carbonyl (C=O) groups is 2. The van der Waals surface area contributed by atoms with E-state index >= 15 is 0 Å². The molecule has 1 saturated carbocycles. The van der Waals surface area contributed by atoms with E-state index in [2.05, 4.69) is 4.98 Å². The van der Waals surface area contributed by atoms with Crippen LogP contribution in [0.4, 0.5) is 0 Å². The van der Waals surface area contributed by atoms with Gasteiger partial charge in [0.1, 0.15) is 0 Å². The predicted molar refractivity (Wildman–Crippen MR) is 71.6 cm³/mol. The van der Waals surface area contributed by atoms with Gasteiger partial charge in [-0.25, -0.2) is 0 Å². The number of rotatable bonds is 3. The van der Waals surface area contributed by atoms with Gasteiger partial charge >= 0.3 is 0 Å². The highest BCUT2D eigenvalue weighted by Gasteiger charge is 2.32. The third-order valence-corrected chi connectivity index (χ3v) is 3.50. The Morgan fingerprint density at radius 1 is 1.26 bits per heavy atom. The van der Waals surface area contributed by atoms with Crippen molar-refractivity contribution in [2.45, 2.75) is 19.8 Å². The number of ketones is 2. The van der Waals surface area contributed by atoms with Gasteiger partial charge in [0.15, 0.2) is 17.0 Å². The first-order chi connectivity index (χ1) is 9.08. The molecule has 0 amide bonds. The van der Waals surface area contributed by atoms with Gasteiger partial charge in [0.25, 0.3) is 0 Å². The largest absolute Gasteiger partial charge is 0.360 e. The fraction of sp³-hybridized carbons (Fsp3) is 0.267. The van der Waals surface area contributed by atoms with Crippen LogP contribution in [0.15, 0.2) is 29.2 Å². The molecule has 1 heterocycles. The molecule has 0 radical (unpaired) electrons. The summed E-state index contributed by atoms with van der Waals surface area (Å²) in [4.78, 5) is 38.6. The average molecular weight is 255 g/mol. The number of hydrogen-bond donors (Lipinski definition) is 1. The van der Waals surface area contributed by atoms with E-state index in [-0.39, 0.29) is 28.5 Å². The third kappa shape index (κ3) is 1.99. The number of benzene rings is 1. The highest BCUT2D eigenvalue weighted by atomic mass is 16.1. The lowest BCUT2D eigenvalue weighted by atomic mass is 10.0. The van der Waals surface area contributed by atoms with Crippen LogP contribution < -0.4 is 5.43 Å². The summed E-state index contributed by atoms with van der Waals surface area (Å²) >= 11 is 0. The smallest absolute Gasteiger partial charge is 0.200 e. The Hall–Kier alpha value is -2.23. The molecule has 0 saturated heterocycles. The van der Waals surface area contributed by atoms with E-state index in [0.29, 0.717) is 16.5 Å². The van der Waals surface area contributed by atoms with Crippen LogP contribution in [0.2, 0.25) is 0 Å². The Morgan fingerprint density at radius 2 is 2.00 bits per heavy atom. The molecule has 3 rings (SSSR count). The molecule has 96 valence electrons. The van der Waals surface area contributed by atoms with E-state index in [4.69, 9.17) is 0 Å². The van der Waals surface area contributed by atoms with Crippen LogP contribution in [-0.2, 0) is 0 Å². The van der Waals surface area contributed by atoms with Gasteiger partial charge in [-0.2, -0.15) is 0 Å². The van der Waals surface area contributed by atoms with Crippen LogP contribution in [0.5, 0.6) is 0 Å². The number of nitrogens with one attached hydrogen (secondary N) is 1. The quantitative estimate of drug-likeness (QED) is 0.856. The van der Waals surface area contributed by atoms with Crippen molar-refractivity contribution in [2.75, 3.05) is 0 Å². The minimum Gasteiger partial charge on any atom is -0.360 e. The summed E-state index contributed by atoms with van der Waals surface area (Å²) in [6.45, 7) is 1.45. The molecule has 0 bridgehead atoms. The second kappa shape index (κ2) is 4.16. The van der Waals surface area contributed by atoms with Crippen LogP contribution in [0.3, 0.4) is 0 Å². The Labute approximate surface area is 109 Å². The fourth-order valence-electron chi connectivity index (χ4n) is 2.19. The van der Waals surface area contributed by atoms with Crippen molar-refractivity contribution in [3.8, 4) is 0 Å². The van der Waals surface area contributed by atoms with Crippen molar-refractivity contribution in [2.24, 2.45) is 5.92 Å². The van der Waals surface area contributed by atoms with Crippen LogP contribution in [-0.4, -0.2) is 16.6 Å². The maximum atomic E-state index is 12.3. The molecular weight excluding hydrogens is 242 g/mol. The van der Waals surface area contributed by atoms with Crippen molar-refractivity contribution in [3.63, 3.8) is 0 Å². The highest BCUT2D eigenvalue weighted by Crippen LogP contribution is 2.31. The van der Waals surface area contributed by atoms with Crippen molar-refractivity contribution in [1.29, 1.82) is 0 Å². The maximum absolute atomic E-state index is 12.3. The molecule has 1 aromatic heterocycles. The monoisotopic (exact) mass is 255 g/mol. The second-order valence-corrected chi connectivity index (χ2v) is 4.99. The Bertz CT molecular complexity index is 754. The zero-order valence-corrected chi connectivity index (χ0v) is 10.5. The third-order valence-electron chi connectivity index (χ3n) is 3.50. The molecule has 0 spiro atoms. The van der Waals surface area contributed by atoms with E-state index in [1.54, 1.807) is 18.2 Å². The molecular formula is C15H13NO3. The van der Waals surface area contributed by atoms with Gasteiger partial charge in [-0.05, 0) is 38.0 Å². The molecule has 4 nitrogen and oxygen atoms in total. The van der Waals surface area contributed by atoms with Crippen molar-refractivity contribution >= 4 is 22.5 Å². The summed E-state index contributed by atoms with van der Waals surface area (Å²) < 4.78 is 0. The lowest BCUT2D eigenvalue weighted by Gasteiger charge is -2.03. The predicted octanol–water partition coefficient (Wildman–Crippen LogP) is 2.32. The summed E-state index contributed by atoms with van der Waals surface area (Å²) in [6.07, 6.45) is 3.21. The summed E-state index contributed by atoms with van der Waals surface area (Å²) in [5, 5.41) is 0.402. The van der Waals surface area contributed by atoms with Crippen molar-refractivity contribution < 1.29 is 9.59 Å². The van der Waals surface area contributed by atoms with Crippen molar-refractivity contribution in [3.05, 3.63) is 45.7 Å². The Balaban J connectivity index is 2.21. The van der Waals surface area contributed by atoms with Gasteiger partial charge in [0, 0.05) is 28.6 Å². The minimum absolute atomic E-state index is 0.00883. The summed E-state index contributed by atoms with van der Waals surface area (Å²) in [5.41, 5.74) is 1.04. The first-order valence-corrected chi connectivity index (χ1v) is 6.28. The summed E-state index contributed by atoms with van der Waals surface area (Å²) in [6, 6.07) is 4.92. The molecule has 4 heteroatoms. The van der Waals surface area contributed by atoms with Crippen molar-refractivity contribution in [1.82, 2.24) is 4.98 Å². The standard InChI is InChI=1S/C15H13NO3/c1-8(17)10-4-5-13-11(6-10)15(19)12(7-16-13)14(18)9-2-3-9/h4-7,9H,2-3H2,1H3,(H,16,19). The second-order valence-electron chi connectivity index (χ2n) is 4.99. The molecule has 1 aliphatic carbocycles. The number of H-pyrrole nitrogens is 1. The number of hydrogen-bond acceptors (Lipinski definition) is 3. The molecule has 0 unspecified atom stereocenters. The van der Waals surface area contributed by atoms with E-state index in [1.165, 1.54) is 13.1 Å². The fourth-order valence-corrected chi connectivity index (χ4v) is 2.19. The highest BCUT2D eigenvalue weighted by molar-refractivity contribution is 6.02. The number of fused-ring (bicyclic) bond motifs is 1. The van der Waals surface area contributed by atoms with Gasteiger partial charge in [-0.3, -0.25) is 14.4 Å². The molecule has 0 atom stereocenters. The SMILES string of the molecule is CC(=O)c1ccc2[nH]cc(C(=O)C3CC3)c(=O)c2c1. The first kappa shape index (κ1) is 11.8. The maximum Gasteiger partial charge on any atom is 0.200 e. The first-order valence-electron chi connectivity index (χ1n) is 6.28. The molecule has 0 aliphatic heterocycles. The van der Waals surface area contributed by atoms with Crippen LogP contribution >= 0.6 is 0 Å². The van der Waals surface area contributed by atoms with Gasteiger partial charge < -0.3 is 4.98 Å².